The fraction of sp³-hybridized carbons (Fsp3) is 0.222. The third-order valence-electron chi connectivity index (χ3n) is 4.32. The van der Waals surface area contributed by atoms with E-state index in [4.69, 9.17) is 16.2 Å². The van der Waals surface area contributed by atoms with E-state index < -0.39 is 0 Å². The molecule has 2 aromatic carbocycles. The normalized spacial score (nSPS) is 16.3. The monoisotopic (exact) mass is 306 g/mol. The Morgan fingerprint density at radius 2 is 1.96 bits per heavy atom. The molecule has 0 aliphatic carbocycles. The molecule has 116 valence electrons. The molecule has 0 saturated heterocycles. The molecule has 1 aromatic heterocycles. The fourth-order valence-corrected chi connectivity index (χ4v) is 3.32. The first-order valence-corrected chi connectivity index (χ1v) is 7.68. The summed E-state index contributed by atoms with van der Waals surface area (Å²) >= 11 is 0. The number of rotatable bonds is 2. The Hall–Kier alpha value is -2.82. The Morgan fingerprint density at radius 1 is 1.17 bits per heavy atom. The maximum atomic E-state index is 6.07. The Bertz CT molecular complexity index is 893. The second-order valence-corrected chi connectivity index (χ2v) is 6.01. The van der Waals surface area contributed by atoms with E-state index in [0.717, 1.165) is 23.1 Å². The van der Waals surface area contributed by atoms with Crippen LogP contribution in [0.1, 0.15) is 29.5 Å². The van der Waals surface area contributed by atoms with Gasteiger partial charge in [0.05, 0.1) is 17.5 Å². The van der Waals surface area contributed by atoms with Crippen molar-refractivity contribution in [3.63, 3.8) is 0 Å². The van der Waals surface area contributed by atoms with E-state index in [0.29, 0.717) is 18.3 Å². The number of hydrogen-bond acceptors (Lipinski definition) is 5. The molecular weight excluding hydrogens is 288 g/mol. The molecule has 4 rings (SSSR count). The summed E-state index contributed by atoms with van der Waals surface area (Å²) < 4.78 is 5.92. The fourth-order valence-electron chi connectivity index (χ4n) is 3.32. The minimum Gasteiger partial charge on any atom is -0.492 e. The van der Waals surface area contributed by atoms with Crippen LogP contribution >= 0.6 is 0 Å². The highest BCUT2D eigenvalue weighted by Crippen LogP contribution is 2.44. The predicted octanol–water partition coefficient (Wildman–Crippen LogP) is 2.88. The van der Waals surface area contributed by atoms with Gasteiger partial charge in [0.1, 0.15) is 11.6 Å². The lowest BCUT2D eigenvalue weighted by Crippen LogP contribution is -2.03. The van der Waals surface area contributed by atoms with Crippen molar-refractivity contribution < 1.29 is 4.74 Å². The second kappa shape index (κ2) is 5.12. The Labute approximate surface area is 134 Å². The molecule has 2 heterocycles. The van der Waals surface area contributed by atoms with Gasteiger partial charge in [-0.3, -0.25) is 0 Å². The maximum absolute atomic E-state index is 6.07. The SMILES string of the molecule is CC1COc2c1c(Cc1ccccc1)cc1nc(N)nc(N)c21. The Kier molecular flexibility index (Phi) is 3.08. The van der Waals surface area contributed by atoms with E-state index in [1.807, 2.05) is 6.07 Å². The highest BCUT2D eigenvalue weighted by Gasteiger charge is 2.28. The van der Waals surface area contributed by atoms with E-state index in [1.165, 1.54) is 16.7 Å². The minimum absolute atomic E-state index is 0.187. The van der Waals surface area contributed by atoms with Crippen LogP contribution in [0.4, 0.5) is 11.8 Å². The molecule has 1 unspecified atom stereocenters. The van der Waals surface area contributed by atoms with Crippen molar-refractivity contribution in [2.75, 3.05) is 18.1 Å². The number of ether oxygens (including phenoxy) is 1. The standard InChI is InChI=1S/C18H18N4O/c1-10-9-23-16-14(10)12(7-11-5-3-2-4-6-11)8-13-15(16)17(19)22-18(20)21-13/h2-6,8,10H,7,9H2,1H3,(H4,19,20,21,22). The summed E-state index contributed by atoms with van der Waals surface area (Å²) in [6, 6.07) is 12.4. The van der Waals surface area contributed by atoms with Crippen LogP contribution in [0, 0.1) is 0 Å². The summed E-state index contributed by atoms with van der Waals surface area (Å²) in [4.78, 5) is 8.43. The van der Waals surface area contributed by atoms with Gasteiger partial charge in [0.2, 0.25) is 5.95 Å². The number of nitrogen functional groups attached to an aromatic ring is 2. The zero-order valence-electron chi connectivity index (χ0n) is 12.9. The number of nitrogens with zero attached hydrogens (tertiary/aromatic N) is 2. The van der Waals surface area contributed by atoms with Gasteiger partial charge in [-0.15, -0.1) is 0 Å². The number of hydrogen-bond donors (Lipinski definition) is 2. The first-order chi connectivity index (χ1) is 11.1. The van der Waals surface area contributed by atoms with Crippen LogP contribution in [0.25, 0.3) is 10.9 Å². The molecule has 1 aliphatic heterocycles. The third kappa shape index (κ3) is 2.25. The number of benzene rings is 2. The van der Waals surface area contributed by atoms with E-state index in [-0.39, 0.29) is 5.95 Å². The largest absolute Gasteiger partial charge is 0.492 e. The first kappa shape index (κ1) is 13.8. The molecule has 0 fully saturated rings. The van der Waals surface area contributed by atoms with Crippen molar-refractivity contribution in [3.05, 3.63) is 53.1 Å². The smallest absolute Gasteiger partial charge is 0.222 e. The van der Waals surface area contributed by atoms with Crippen molar-refractivity contribution in [2.45, 2.75) is 19.3 Å². The van der Waals surface area contributed by atoms with Gasteiger partial charge in [0, 0.05) is 11.5 Å². The van der Waals surface area contributed by atoms with Crippen molar-refractivity contribution in [2.24, 2.45) is 0 Å². The molecule has 0 amide bonds. The molecule has 0 saturated carbocycles. The van der Waals surface area contributed by atoms with Crippen molar-refractivity contribution >= 4 is 22.7 Å². The molecule has 3 aromatic rings. The van der Waals surface area contributed by atoms with Gasteiger partial charge in [-0.25, -0.2) is 4.98 Å². The summed E-state index contributed by atoms with van der Waals surface area (Å²) in [6.45, 7) is 2.82. The summed E-state index contributed by atoms with van der Waals surface area (Å²) in [7, 11) is 0. The molecule has 5 heteroatoms. The molecule has 5 nitrogen and oxygen atoms in total. The summed E-state index contributed by atoms with van der Waals surface area (Å²) in [5.74, 6) is 1.71. The van der Waals surface area contributed by atoms with Crippen LogP contribution in [0.3, 0.4) is 0 Å². The predicted molar refractivity (Wildman–Crippen MR) is 91.5 cm³/mol. The highest BCUT2D eigenvalue weighted by molar-refractivity contribution is 5.97. The van der Waals surface area contributed by atoms with E-state index >= 15 is 0 Å². The molecule has 0 radical (unpaired) electrons. The zero-order chi connectivity index (χ0) is 16.0. The van der Waals surface area contributed by atoms with Gasteiger partial charge >= 0.3 is 0 Å². The molecule has 23 heavy (non-hydrogen) atoms. The van der Waals surface area contributed by atoms with Crippen LogP contribution in [0.5, 0.6) is 5.75 Å². The average Bonchev–Trinajstić information content (AvgIpc) is 2.90. The number of aromatic nitrogens is 2. The van der Waals surface area contributed by atoms with Gasteiger partial charge < -0.3 is 16.2 Å². The minimum atomic E-state index is 0.187. The van der Waals surface area contributed by atoms with Crippen molar-refractivity contribution in [1.82, 2.24) is 9.97 Å². The highest BCUT2D eigenvalue weighted by atomic mass is 16.5. The lowest BCUT2D eigenvalue weighted by atomic mass is 9.91. The number of nitrogens with two attached hydrogens (primary N) is 2. The van der Waals surface area contributed by atoms with Gasteiger partial charge in [-0.2, -0.15) is 4.98 Å². The maximum Gasteiger partial charge on any atom is 0.222 e. The molecule has 1 atom stereocenters. The van der Waals surface area contributed by atoms with Crippen LogP contribution in [0.15, 0.2) is 36.4 Å². The van der Waals surface area contributed by atoms with Gasteiger partial charge in [-0.05, 0) is 23.6 Å². The summed E-state index contributed by atoms with van der Waals surface area (Å²) in [5, 5.41) is 0.773. The van der Waals surface area contributed by atoms with E-state index in [2.05, 4.69) is 47.2 Å². The quantitative estimate of drug-likeness (QED) is 0.760. The summed E-state index contributed by atoms with van der Waals surface area (Å²) in [5.41, 5.74) is 16.2. The molecule has 4 N–H and O–H groups in total. The van der Waals surface area contributed by atoms with E-state index in [9.17, 15) is 0 Å². The zero-order valence-corrected chi connectivity index (χ0v) is 12.9. The van der Waals surface area contributed by atoms with Crippen molar-refractivity contribution in [3.8, 4) is 5.75 Å². The van der Waals surface area contributed by atoms with Crippen LogP contribution in [-0.4, -0.2) is 16.6 Å². The van der Waals surface area contributed by atoms with Gasteiger partial charge in [0.25, 0.3) is 0 Å². The third-order valence-corrected chi connectivity index (χ3v) is 4.32. The molecule has 0 spiro atoms. The Balaban J connectivity index is 1.96. The Morgan fingerprint density at radius 3 is 2.74 bits per heavy atom. The first-order valence-electron chi connectivity index (χ1n) is 7.68. The van der Waals surface area contributed by atoms with Crippen LogP contribution in [0.2, 0.25) is 0 Å². The number of anilines is 2. The summed E-state index contributed by atoms with van der Waals surface area (Å²) in [6.07, 6.45) is 0.830. The lowest BCUT2D eigenvalue weighted by molar-refractivity contribution is 0.340. The lowest BCUT2D eigenvalue weighted by Gasteiger charge is -2.13. The van der Waals surface area contributed by atoms with Gasteiger partial charge in [-0.1, -0.05) is 37.3 Å². The van der Waals surface area contributed by atoms with Gasteiger partial charge in [0.15, 0.2) is 0 Å². The molecular formula is C18H18N4O. The van der Waals surface area contributed by atoms with Crippen LogP contribution < -0.4 is 16.2 Å². The molecule has 0 bridgehead atoms. The van der Waals surface area contributed by atoms with Crippen LogP contribution in [-0.2, 0) is 6.42 Å². The van der Waals surface area contributed by atoms with E-state index in [1.54, 1.807) is 0 Å². The molecule has 1 aliphatic rings. The second-order valence-electron chi connectivity index (χ2n) is 6.01. The topological polar surface area (TPSA) is 87.0 Å². The van der Waals surface area contributed by atoms with Crippen molar-refractivity contribution in [1.29, 1.82) is 0 Å². The number of fused-ring (bicyclic) bond motifs is 3. The average molecular weight is 306 g/mol.